The molecule has 0 spiro atoms. The molecular formula is C80H67N2P. The van der Waals surface area contributed by atoms with E-state index in [1.165, 1.54) is 127 Å². The Bertz CT molecular complexity index is 4190. The van der Waals surface area contributed by atoms with Gasteiger partial charge in [-0.1, -0.05) is 221 Å². The molecule has 402 valence electrons. The average molecular weight is 1090 g/mol. The summed E-state index contributed by atoms with van der Waals surface area (Å²) >= 11 is 0. The monoisotopic (exact) mass is 1090 g/mol. The third-order valence-corrected chi connectivity index (χ3v) is 20.4. The van der Waals surface area contributed by atoms with E-state index >= 15 is 0 Å². The number of fused-ring (bicyclic) bond motifs is 9. The van der Waals surface area contributed by atoms with Crippen LogP contribution in [-0.4, -0.2) is 0 Å². The van der Waals surface area contributed by atoms with Crippen molar-refractivity contribution in [1.29, 1.82) is 0 Å². The summed E-state index contributed by atoms with van der Waals surface area (Å²) in [5.74, 6) is 0. The second kappa shape index (κ2) is 20.4. The van der Waals surface area contributed by atoms with E-state index in [-0.39, 0.29) is 10.8 Å². The lowest BCUT2D eigenvalue weighted by Gasteiger charge is -2.28. The first-order chi connectivity index (χ1) is 40.2. The van der Waals surface area contributed by atoms with Crippen LogP contribution in [0.4, 0.5) is 34.1 Å². The Labute approximate surface area is 491 Å². The van der Waals surface area contributed by atoms with Crippen LogP contribution in [0.2, 0.25) is 0 Å². The molecule has 0 bridgehead atoms. The van der Waals surface area contributed by atoms with Gasteiger partial charge in [-0.25, -0.2) is 0 Å². The highest BCUT2D eigenvalue weighted by atomic mass is 31.1. The van der Waals surface area contributed by atoms with Crippen molar-refractivity contribution in [3.8, 4) is 27.6 Å². The number of hydrogen-bond acceptors (Lipinski definition) is 2. The molecule has 2 aliphatic rings. The number of benzene rings is 11. The predicted molar refractivity (Wildman–Crippen MR) is 360 cm³/mol. The molecule has 1 aromatic heterocycles. The first kappa shape index (κ1) is 51.9. The zero-order valence-corrected chi connectivity index (χ0v) is 49.6. The van der Waals surface area contributed by atoms with Crippen molar-refractivity contribution in [3.05, 3.63) is 303 Å². The van der Waals surface area contributed by atoms with Crippen molar-refractivity contribution in [2.45, 2.75) is 66.2 Å². The van der Waals surface area contributed by atoms with E-state index in [0.717, 1.165) is 22.7 Å². The van der Waals surface area contributed by atoms with Crippen LogP contribution in [-0.2, 0) is 10.8 Å². The highest BCUT2D eigenvalue weighted by Gasteiger charge is 2.38. The fourth-order valence-electron chi connectivity index (χ4n) is 13.1. The largest absolute Gasteiger partial charge is 0.310 e. The van der Waals surface area contributed by atoms with Gasteiger partial charge in [0.15, 0.2) is 0 Å². The summed E-state index contributed by atoms with van der Waals surface area (Å²) in [6, 6.07) is 89.1. The predicted octanol–water partition coefficient (Wildman–Crippen LogP) is 23.1. The van der Waals surface area contributed by atoms with E-state index < -0.39 is 7.53 Å². The molecule has 0 atom stereocenters. The number of nitrogens with zero attached hydrogens (tertiary/aromatic N) is 2. The Morgan fingerprint density at radius 1 is 0.289 bits per heavy atom. The van der Waals surface area contributed by atoms with Crippen LogP contribution in [0.5, 0.6) is 0 Å². The van der Waals surface area contributed by atoms with Gasteiger partial charge in [-0.05, 0) is 208 Å². The summed E-state index contributed by atoms with van der Waals surface area (Å²) in [7, 11) is -0.703. The van der Waals surface area contributed by atoms with Crippen molar-refractivity contribution in [2.24, 2.45) is 0 Å². The Kier molecular flexibility index (Phi) is 12.7. The van der Waals surface area contributed by atoms with Gasteiger partial charge in [0, 0.05) is 55.2 Å². The zero-order valence-electron chi connectivity index (χ0n) is 48.7. The van der Waals surface area contributed by atoms with Crippen LogP contribution in [0.25, 0.3) is 72.9 Å². The standard InChI is InChI=1S/C80H67N2P/c1-52-14-30-60(31-15-52)81(61-32-16-53(2)17-33-61)64-38-42-69-67-40-26-58(48-73(67)79(5,6)75(69)50-64)24-22-56-28-44-77-71(46-56)72-47-57(29-45-78(72)83(77)66-12-10-9-11-13-66)23-25-59-27-41-68-70-43-39-65(51-76(70)80(7,8)74(68)49-59)82(62-34-18-54(3)19-35-62)63-36-20-55(4)21-37-63/h9-51H,1-8H3/b24-22+,25-23+. The summed E-state index contributed by atoms with van der Waals surface area (Å²) in [5.41, 5.74) is 27.1. The summed E-state index contributed by atoms with van der Waals surface area (Å²) in [4.78, 5) is 4.78. The molecule has 2 nitrogen and oxygen atoms in total. The number of hydrogen-bond donors (Lipinski definition) is 0. The zero-order chi connectivity index (χ0) is 56.7. The van der Waals surface area contributed by atoms with Gasteiger partial charge in [-0.2, -0.15) is 0 Å². The van der Waals surface area contributed by atoms with Crippen LogP contribution in [0, 0.1) is 27.7 Å². The van der Waals surface area contributed by atoms with Gasteiger partial charge in [0.1, 0.15) is 0 Å². The first-order valence-corrected chi connectivity index (χ1v) is 30.5. The van der Waals surface area contributed by atoms with Crippen molar-refractivity contribution in [1.82, 2.24) is 0 Å². The quantitative estimate of drug-likeness (QED) is 0.119. The summed E-state index contributed by atoms with van der Waals surface area (Å²) in [5, 5.41) is 6.89. The molecule has 1 heterocycles. The molecule has 0 fully saturated rings. The molecule has 14 rings (SSSR count). The fourth-order valence-corrected chi connectivity index (χ4v) is 15.7. The lowest BCUT2D eigenvalue weighted by molar-refractivity contribution is 0.660. The van der Waals surface area contributed by atoms with Crippen LogP contribution >= 0.6 is 7.53 Å². The van der Waals surface area contributed by atoms with Crippen molar-refractivity contribution in [3.63, 3.8) is 0 Å². The first-order valence-electron chi connectivity index (χ1n) is 29.2. The van der Waals surface area contributed by atoms with Gasteiger partial charge in [0.05, 0.1) is 0 Å². The third-order valence-electron chi connectivity index (χ3n) is 17.8. The average Bonchev–Trinajstić information content (AvgIpc) is 2.19. The van der Waals surface area contributed by atoms with E-state index in [1.54, 1.807) is 0 Å². The molecule has 0 saturated heterocycles. The Morgan fingerprint density at radius 3 is 0.928 bits per heavy atom. The minimum absolute atomic E-state index is 0.185. The highest BCUT2D eigenvalue weighted by Crippen LogP contribution is 2.56. The normalized spacial score (nSPS) is 13.6. The maximum Gasteiger partial charge on any atom is 0.0465 e. The van der Waals surface area contributed by atoms with Crippen LogP contribution < -0.4 is 9.80 Å². The second-order valence-corrected chi connectivity index (χ2v) is 26.4. The molecule has 11 aromatic carbocycles. The van der Waals surface area contributed by atoms with Gasteiger partial charge in [-0.15, -0.1) is 0 Å². The number of aryl methyl sites for hydroxylation is 4. The molecule has 3 heteroatoms. The Morgan fingerprint density at radius 2 is 0.578 bits per heavy atom. The maximum absolute atomic E-state index is 2.43. The molecule has 83 heavy (non-hydrogen) atoms. The van der Waals surface area contributed by atoms with Crippen LogP contribution in [0.15, 0.2) is 237 Å². The molecule has 0 aliphatic heterocycles. The number of rotatable bonds is 11. The van der Waals surface area contributed by atoms with Crippen molar-refractivity contribution in [2.75, 3.05) is 9.80 Å². The van der Waals surface area contributed by atoms with Crippen molar-refractivity contribution < 1.29 is 0 Å². The molecule has 0 N–H and O–H groups in total. The topological polar surface area (TPSA) is 6.48 Å². The lowest BCUT2D eigenvalue weighted by atomic mass is 9.81. The summed E-state index contributed by atoms with van der Waals surface area (Å²) < 4.78 is 0. The minimum Gasteiger partial charge on any atom is -0.310 e. The molecule has 0 saturated carbocycles. The Balaban J connectivity index is 0.760. The van der Waals surface area contributed by atoms with Gasteiger partial charge in [-0.3, -0.25) is 0 Å². The van der Waals surface area contributed by atoms with E-state index in [0.29, 0.717) is 0 Å². The molecule has 0 unspecified atom stereocenters. The van der Waals surface area contributed by atoms with Gasteiger partial charge < -0.3 is 9.80 Å². The maximum atomic E-state index is 2.43. The fraction of sp³-hybridized carbons (Fsp3) is 0.125. The lowest BCUT2D eigenvalue weighted by Crippen LogP contribution is -2.16. The van der Waals surface area contributed by atoms with Gasteiger partial charge in [0.25, 0.3) is 0 Å². The van der Waals surface area contributed by atoms with E-state index in [1.807, 2.05) is 0 Å². The summed E-state index contributed by atoms with van der Waals surface area (Å²) in [6.07, 6.45) is 9.22. The molecule has 2 aliphatic carbocycles. The Hall–Kier alpha value is -9.20. The smallest absolute Gasteiger partial charge is 0.0465 e. The highest BCUT2D eigenvalue weighted by molar-refractivity contribution is 7.67. The third kappa shape index (κ3) is 9.23. The SMILES string of the molecule is Cc1ccc(N(c2ccc(C)cc2)c2ccc3c(c2)C(C)(C)c2cc(/C=C/c4ccc5c(c4)c4cc(/C=C/c6ccc7c(c6)C(C)(C)c6cc(N(c8ccc(C)cc8)c8ccc(C)cc8)ccc6-7)ccc4p5-c4ccccc4)ccc2-3)cc1. The molecule has 0 radical (unpaired) electrons. The van der Waals surface area contributed by atoms with Gasteiger partial charge in [0.2, 0.25) is 0 Å². The molecular weight excluding hydrogens is 1020 g/mol. The van der Waals surface area contributed by atoms with Gasteiger partial charge >= 0.3 is 0 Å². The molecule has 12 aromatic rings. The van der Waals surface area contributed by atoms with E-state index in [9.17, 15) is 0 Å². The number of anilines is 6. The van der Waals surface area contributed by atoms with E-state index in [2.05, 4.69) is 326 Å². The van der Waals surface area contributed by atoms with Crippen LogP contribution in [0.3, 0.4) is 0 Å². The van der Waals surface area contributed by atoms with Crippen LogP contribution in [0.1, 0.15) is 94.5 Å². The summed E-state index contributed by atoms with van der Waals surface area (Å²) in [6.45, 7) is 18.1. The van der Waals surface area contributed by atoms with E-state index in [4.69, 9.17) is 0 Å². The van der Waals surface area contributed by atoms with Crippen molar-refractivity contribution >= 4 is 87.0 Å². The second-order valence-electron chi connectivity index (χ2n) is 24.2. The molecule has 0 amide bonds. The minimum atomic E-state index is -0.703.